The third kappa shape index (κ3) is 10.5. The average molecular weight is 931 g/mol. The van der Waals surface area contributed by atoms with E-state index >= 15 is 0 Å². The number of nitrogens with zero attached hydrogens (tertiary/aromatic N) is 4. The van der Waals surface area contributed by atoms with Crippen molar-refractivity contribution in [3.63, 3.8) is 0 Å². The molecule has 3 heterocycles. The van der Waals surface area contributed by atoms with Crippen molar-refractivity contribution in [1.29, 1.82) is 0 Å². The highest BCUT2D eigenvalue weighted by Gasteiger charge is 2.52. The molecule has 7 rings (SSSR count). The van der Waals surface area contributed by atoms with E-state index in [2.05, 4.69) is 60.9 Å². The van der Waals surface area contributed by atoms with Crippen LogP contribution in [-0.4, -0.2) is 120 Å². The molecular formula is C50H61F3N4O6SSi. The van der Waals surface area contributed by atoms with E-state index in [9.17, 15) is 26.4 Å². The van der Waals surface area contributed by atoms with Crippen molar-refractivity contribution < 1.29 is 40.3 Å². The maximum atomic E-state index is 14.8. The number of alkyl halides is 3. The van der Waals surface area contributed by atoms with Crippen molar-refractivity contribution in [3.8, 4) is 5.75 Å². The second kappa shape index (κ2) is 19.6. The minimum absolute atomic E-state index is 0.0238. The Morgan fingerprint density at radius 2 is 1.40 bits per heavy atom. The first kappa shape index (κ1) is 48.2. The van der Waals surface area contributed by atoms with Crippen LogP contribution in [0.4, 0.5) is 13.2 Å². The van der Waals surface area contributed by atoms with E-state index in [0.717, 1.165) is 63.0 Å². The molecule has 1 amide bonds. The van der Waals surface area contributed by atoms with Gasteiger partial charge in [0.2, 0.25) is 0 Å². The Morgan fingerprint density at radius 1 is 0.785 bits per heavy atom. The summed E-state index contributed by atoms with van der Waals surface area (Å²) in [5, 5.41) is 1.95. The maximum Gasteiger partial charge on any atom is 0.416 e. The Hall–Kier alpha value is -4.77. The van der Waals surface area contributed by atoms with Crippen molar-refractivity contribution in [3.05, 3.63) is 143 Å². The Kier molecular flexibility index (Phi) is 14.5. The number of morpholine rings is 1. The third-order valence-electron chi connectivity index (χ3n) is 12.8. The Labute approximate surface area is 383 Å². The number of piperazine rings is 1. The van der Waals surface area contributed by atoms with Gasteiger partial charge < -0.3 is 18.8 Å². The summed E-state index contributed by atoms with van der Waals surface area (Å²) in [6, 6.07) is 32.0. The standard InChI is InChI=1S/C50H61F3N4O6SSi/c1-36-18-21-39(29-47(36)63-65(49(4,5)6,45-14-10-8-11-15-45)46-16-12-9-13-17-46)28-42-33-54(22-23-55-26-27-62-43(34-55)35-61-7)24-25-56(42)48(58)40-30-41(50(51,52)53)32-44(31-40)64(59,60)57-37(2)19-20-38(57)3/h8-21,29-32,42-43H,22-28,33-35H2,1-7H3/t42-,43+/m1/s1. The third-order valence-corrected chi connectivity index (χ3v) is 19.6. The Bertz CT molecular complexity index is 2490. The van der Waals surface area contributed by atoms with Gasteiger partial charge in [-0.2, -0.15) is 13.2 Å². The van der Waals surface area contributed by atoms with Gasteiger partial charge in [0.15, 0.2) is 0 Å². The van der Waals surface area contributed by atoms with Crippen LogP contribution in [0.1, 0.15) is 59.2 Å². The Morgan fingerprint density at radius 3 is 1.98 bits per heavy atom. The molecule has 0 saturated carbocycles. The number of hydrogen-bond acceptors (Lipinski definition) is 8. The maximum absolute atomic E-state index is 14.8. The van der Waals surface area contributed by atoms with Crippen LogP contribution in [0.25, 0.3) is 0 Å². The number of hydrogen-bond donors (Lipinski definition) is 0. The zero-order valence-corrected chi connectivity index (χ0v) is 40.2. The van der Waals surface area contributed by atoms with E-state index in [1.807, 2.05) is 55.5 Å². The quantitative estimate of drug-likeness (QED) is 0.107. The molecule has 0 unspecified atom stereocenters. The van der Waals surface area contributed by atoms with Gasteiger partial charge in [0.1, 0.15) is 5.75 Å². The fourth-order valence-electron chi connectivity index (χ4n) is 9.43. The molecule has 348 valence electrons. The van der Waals surface area contributed by atoms with Gasteiger partial charge in [-0.05, 0) is 90.1 Å². The second-order valence-electron chi connectivity index (χ2n) is 18.4. The molecule has 0 spiro atoms. The predicted octanol–water partition coefficient (Wildman–Crippen LogP) is 7.32. The fourth-order valence-corrected chi connectivity index (χ4v) is 15.5. The molecular weight excluding hydrogens is 870 g/mol. The van der Waals surface area contributed by atoms with Crippen LogP contribution in [0.15, 0.2) is 114 Å². The molecule has 2 saturated heterocycles. The summed E-state index contributed by atoms with van der Waals surface area (Å²) in [6.07, 6.45) is -4.56. The zero-order valence-electron chi connectivity index (χ0n) is 38.4. The van der Waals surface area contributed by atoms with Gasteiger partial charge in [-0.3, -0.25) is 14.6 Å². The topological polar surface area (TPSA) is 93.6 Å². The fraction of sp³-hybridized carbons (Fsp3) is 0.420. The van der Waals surface area contributed by atoms with Crippen molar-refractivity contribution in [2.75, 3.05) is 66.1 Å². The highest BCUT2D eigenvalue weighted by Crippen LogP contribution is 2.39. The van der Waals surface area contributed by atoms with Gasteiger partial charge in [0.25, 0.3) is 15.9 Å². The second-order valence-corrected chi connectivity index (χ2v) is 24.4. The van der Waals surface area contributed by atoms with E-state index in [0.29, 0.717) is 56.7 Å². The van der Waals surface area contributed by atoms with Crippen LogP contribution in [0, 0.1) is 20.8 Å². The van der Waals surface area contributed by atoms with Gasteiger partial charge in [-0.15, -0.1) is 0 Å². The molecule has 0 radical (unpaired) electrons. The summed E-state index contributed by atoms with van der Waals surface area (Å²) in [6.45, 7) is 17.1. The lowest BCUT2D eigenvalue weighted by Crippen LogP contribution is -2.68. The van der Waals surface area contributed by atoms with Crippen LogP contribution < -0.4 is 14.8 Å². The molecule has 2 fully saturated rings. The molecule has 0 N–H and O–H groups in total. The monoisotopic (exact) mass is 930 g/mol. The predicted molar refractivity (Wildman–Crippen MR) is 250 cm³/mol. The number of ether oxygens (including phenoxy) is 2. The van der Waals surface area contributed by atoms with Crippen LogP contribution in [0.3, 0.4) is 0 Å². The minimum atomic E-state index is -4.91. The highest BCUT2D eigenvalue weighted by molar-refractivity contribution is 7.90. The van der Waals surface area contributed by atoms with E-state index in [1.165, 1.54) is 0 Å². The molecule has 0 bridgehead atoms. The lowest BCUT2D eigenvalue weighted by molar-refractivity contribution is -0.137. The first-order valence-electron chi connectivity index (χ1n) is 22.2. The van der Waals surface area contributed by atoms with Gasteiger partial charge in [-0.1, -0.05) is 93.6 Å². The number of methoxy groups -OCH3 is 1. The molecule has 5 aromatic rings. The lowest BCUT2D eigenvalue weighted by atomic mass is 9.99. The minimum Gasteiger partial charge on any atom is -0.534 e. The number of rotatable bonds is 14. The summed E-state index contributed by atoms with van der Waals surface area (Å²) < 4.78 is 91.5. The summed E-state index contributed by atoms with van der Waals surface area (Å²) >= 11 is 0. The number of halogens is 3. The molecule has 2 aliphatic heterocycles. The smallest absolute Gasteiger partial charge is 0.416 e. The largest absolute Gasteiger partial charge is 0.534 e. The number of carbonyl (C=O) groups excluding carboxylic acids is 1. The summed E-state index contributed by atoms with van der Waals surface area (Å²) in [7, 11) is -5.86. The van der Waals surface area contributed by atoms with Gasteiger partial charge in [0, 0.05) is 75.9 Å². The van der Waals surface area contributed by atoms with Crippen LogP contribution in [0.2, 0.25) is 5.04 Å². The van der Waals surface area contributed by atoms with Crippen molar-refractivity contribution >= 4 is 34.6 Å². The zero-order chi connectivity index (χ0) is 46.7. The molecule has 2 atom stereocenters. The van der Waals surface area contributed by atoms with Crippen molar-refractivity contribution in [1.82, 2.24) is 18.7 Å². The molecule has 2 aliphatic rings. The van der Waals surface area contributed by atoms with Crippen molar-refractivity contribution in [2.24, 2.45) is 0 Å². The first-order valence-corrected chi connectivity index (χ1v) is 25.6. The number of aryl methyl sites for hydroxylation is 3. The molecule has 65 heavy (non-hydrogen) atoms. The molecule has 0 aliphatic carbocycles. The number of aromatic nitrogens is 1. The van der Waals surface area contributed by atoms with Crippen LogP contribution in [-0.2, 0) is 32.1 Å². The van der Waals surface area contributed by atoms with Gasteiger partial charge in [-0.25, -0.2) is 12.4 Å². The summed E-state index contributed by atoms with van der Waals surface area (Å²) in [5.74, 6) is 0.0632. The van der Waals surface area contributed by atoms with Crippen LogP contribution in [0.5, 0.6) is 5.75 Å². The van der Waals surface area contributed by atoms with E-state index in [4.69, 9.17) is 13.9 Å². The molecule has 10 nitrogen and oxygen atoms in total. The number of benzene rings is 4. The number of amides is 1. The molecule has 1 aromatic heterocycles. The van der Waals surface area contributed by atoms with Crippen LogP contribution >= 0.6 is 0 Å². The first-order chi connectivity index (χ1) is 30.8. The summed E-state index contributed by atoms with van der Waals surface area (Å²) in [4.78, 5) is 20.5. The van der Waals surface area contributed by atoms with E-state index < -0.39 is 46.9 Å². The normalized spacial score (nSPS) is 18.2. The average Bonchev–Trinajstić information content (AvgIpc) is 3.63. The van der Waals surface area contributed by atoms with E-state index in [-0.39, 0.29) is 23.3 Å². The van der Waals surface area contributed by atoms with Gasteiger partial charge >= 0.3 is 14.5 Å². The SMILES string of the molecule is COC[C@@H]1CN(CCN2CCN(C(=O)c3cc(C(F)(F)F)cc(S(=O)(=O)n4c(C)ccc4C)c3)[C@H](Cc3ccc(C)c(O[Si](c4ccccc4)(c4ccccc4)C(C)(C)C)c3)C2)CCO1. The lowest BCUT2D eigenvalue weighted by Gasteiger charge is -2.44. The highest BCUT2D eigenvalue weighted by atomic mass is 32.2. The van der Waals surface area contributed by atoms with Crippen molar-refractivity contribution in [2.45, 2.75) is 76.2 Å². The molecule has 4 aromatic carbocycles. The summed E-state index contributed by atoms with van der Waals surface area (Å²) in [5.41, 5.74) is 0.980. The van der Waals surface area contributed by atoms with E-state index in [1.54, 1.807) is 38.0 Å². The number of carbonyl (C=O) groups is 1. The Balaban J connectivity index is 1.25. The van der Waals surface area contributed by atoms with Gasteiger partial charge in [0.05, 0.1) is 29.8 Å². The molecule has 15 heteroatoms.